The largest absolute Gasteiger partial charge is 0.477 e. The second kappa shape index (κ2) is 7.01. The van der Waals surface area contributed by atoms with E-state index in [0.717, 1.165) is 10.8 Å². The first kappa shape index (κ1) is 20.2. The molecule has 158 valence electrons. The number of nitrogens with zero attached hydrogens (tertiary/aromatic N) is 3. The van der Waals surface area contributed by atoms with Gasteiger partial charge in [-0.25, -0.2) is 22.6 Å². The lowest BCUT2D eigenvalue weighted by Gasteiger charge is -2.12. The maximum Gasteiger partial charge on any atom is 0.341 e. The summed E-state index contributed by atoms with van der Waals surface area (Å²) in [7, 11) is 1.55. The van der Waals surface area contributed by atoms with Crippen LogP contribution in [0.2, 0.25) is 0 Å². The SMILES string of the molecule is Cc1c(-n2cc(C(=O)O)c(=O)c3cc(F)c(F)c(F)c32)c(=O)n(-c2ccccc2)n1C. The predicted octanol–water partition coefficient (Wildman–Crippen LogP) is 2.90. The molecule has 31 heavy (non-hydrogen) atoms. The monoisotopic (exact) mass is 429 g/mol. The zero-order valence-corrected chi connectivity index (χ0v) is 16.2. The van der Waals surface area contributed by atoms with Crippen LogP contribution in [0.1, 0.15) is 16.1 Å². The topological polar surface area (TPSA) is 86.2 Å². The van der Waals surface area contributed by atoms with Crippen LogP contribution >= 0.6 is 0 Å². The van der Waals surface area contributed by atoms with E-state index in [4.69, 9.17) is 0 Å². The number of hydrogen-bond donors (Lipinski definition) is 1. The molecule has 0 unspecified atom stereocenters. The molecule has 0 aliphatic carbocycles. The van der Waals surface area contributed by atoms with Crippen LogP contribution in [0.15, 0.2) is 52.2 Å². The van der Waals surface area contributed by atoms with Crippen LogP contribution in [-0.4, -0.2) is 25.0 Å². The molecule has 0 amide bonds. The molecule has 0 spiro atoms. The van der Waals surface area contributed by atoms with Crippen LogP contribution in [0.5, 0.6) is 0 Å². The molecule has 7 nitrogen and oxygen atoms in total. The average molecular weight is 429 g/mol. The van der Waals surface area contributed by atoms with E-state index in [2.05, 4.69) is 0 Å². The van der Waals surface area contributed by atoms with Gasteiger partial charge in [0.2, 0.25) is 5.43 Å². The Hall–Kier alpha value is -4.08. The first-order valence-electron chi connectivity index (χ1n) is 8.95. The molecule has 2 heterocycles. The number of para-hydroxylation sites is 1. The van der Waals surface area contributed by atoms with Crippen molar-refractivity contribution in [1.82, 2.24) is 13.9 Å². The van der Waals surface area contributed by atoms with Gasteiger partial charge in [-0.05, 0) is 25.1 Å². The summed E-state index contributed by atoms with van der Waals surface area (Å²) in [6.45, 7) is 1.51. The van der Waals surface area contributed by atoms with Crippen molar-refractivity contribution in [3.8, 4) is 11.4 Å². The normalized spacial score (nSPS) is 11.3. The number of aromatic nitrogens is 3. The summed E-state index contributed by atoms with van der Waals surface area (Å²) in [6, 6.07) is 8.84. The van der Waals surface area contributed by atoms with Crippen molar-refractivity contribution in [2.45, 2.75) is 6.92 Å². The van der Waals surface area contributed by atoms with Gasteiger partial charge in [0, 0.05) is 13.2 Å². The average Bonchev–Trinajstić information content (AvgIpc) is 2.96. The molecular formula is C21H14F3N3O4. The van der Waals surface area contributed by atoms with Crippen LogP contribution in [0, 0.1) is 24.4 Å². The summed E-state index contributed by atoms with van der Waals surface area (Å²) in [5.74, 6) is -6.87. The van der Waals surface area contributed by atoms with E-state index in [1.54, 1.807) is 37.4 Å². The molecule has 2 aromatic heterocycles. The Labute approximate surface area is 171 Å². The zero-order valence-electron chi connectivity index (χ0n) is 16.2. The number of pyridine rings is 1. The molecule has 0 aliphatic rings. The van der Waals surface area contributed by atoms with Crippen molar-refractivity contribution >= 4 is 16.9 Å². The van der Waals surface area contributed by atoms with Gasteiger partial charge in [-0.2, -0.15) is 0 Å². The Morgan fingerprint density at radius 1 is 1.03 bits per heavy atom. The van der Waals surface area contributed by atoms with Crippen molar-refractivity contribution in [1.29, 1.82) is 0 Å². The van der Waals surface area contributed by atoms with E-state index >= 15 is 0 Å². The van der Waals surface area contributed by atoms with Gasteiger partial charge in [0.05, 0.1) is 22.3 Å². The molecule has 10 heteroatoms. The highest BCUT2D eigenvalue weighted by Crippen LogP contribution is 2.25. The Kier molecular flexibility index (Phi) is 4.57. The van der Waals surface area contributed by atoms with Crippen molar-refractivity contribution in [3.63, 3.8) is 0 Å². The first-order valence-corrected chi connectivity index (χ1v) is 8.95. The maximum absolute atomic E-state index is 14.8. The molecule has 2 aromatic carbocycles. The van der Waals surface area contributed by atoms with Crippen LogP contribution in [-0.2, 0) is 7.05 Å². The molecule has 0 saturated carbocycles. The van der Waals surface area contributed by atoms with Crippen LogP contribution in [0.3, 0.4) is 0 Å². The van der Waals surface area contributed by atoms with E-state index in [0.29, 0.717) is 11.8 Å². The van der Waals surface area contributed by atoms with Gasteiger partial charge in [-0.15, -0.1) is 0 Å². The van der Waals surface area contributed by atoms with Gasteiger partial charge in [-0.1, -0.05) is 18.2 Å². The summed E-state index contributed by atoms with van der Waals surface area (Å²) in [5.41, 5.74) is -2.94. The molecule has 4 aromatic rings. The Morgan fingerprint density at radius 3 is 2.29 bits per heavy atom. The molecular weight excluding hydrogens is 415 g/mol. The van der Waals surface area contributed by atoms with Crippen LogP contribution in [0.25, 0.3) is 22.3 Å². The molecule has 4 rings (SSSR count). The van der Waals surface area contributed by atoms with Gasteiger partial charge in [-0.3, -0.25) is 14.3 Å². The van der Waals surface area contributed by atoms with E-state index in [1.807, 2.05) is 0 Å². The summed E-state index contributed by atoms with van der Waals surface area (Å²) in [4.78, 5) is 37.4. The van der Waals surface area contributed by atoms with Crippen molar-refractivity contribution in [2.75, 3.05) is 0 Å². The number of halogens is 3. The molecule has 0 aliphatic heterocycles. The first-order chi connectivity index (χ1) is 14.6. The lowest BCUT2D eigenvalue weighted by molar-refractivity contribution is 0.0695. The summed E-state index contributed by atoms with van der Waals surface area (Å²) < 4.78 is 46.1. The van der Waals surface area contributed by atoms with E-state index < -0.39 is 50.9 Å². The van der Waals surface area contributed by atoms with Gasteiger partial charge in [0.15, 0.2) is 17.5 Å². The number of carboxylic acid groups (broad SMARTS) is 1. The molecule has 0 fully saturated rings. The number of rotatable bonds is 3. The second-order valence-corrected chi connectivity index (χ2v) is 6.84. The van der Waals surface area contributed by atoms with Gasteiger partial charge >= 0.3 is 5.97 Å². The lowest BCUT2D eigenvalue weighted by Crippen LogP contribution is -2.24. The van der Waals surface area contributed by atoms with Crippen molar-refractivity contribution < 1.29 is 23.1 Å². The fourth-order valence-corrected chi connectivity index (χ4v) is 3.55. The highest BCUT2D eigenvalue weighted by molar-refractivity contribution is 5.93. The van der Waals surface area contributed by atoms with Gasteiger partial charge in [0.25, 0.3) is 5.56 Å². The summed E-state index contributed by atoms with van der Waals surface area (Å²) in [6.07, 6.45) is 0.743. The number of fused-ring (bicyclic) bond motifs is 1. The highest BCUT2D eigenvalue weighted by atomic mass is 19.2. The molecule has 0 saturated heterocycles. The van der Waals surface area contributed by atoms with Crippen LogP contribution < -0.4 is 11.0 Å². The van der Waals surface area contributed by atoms with Gasteiger partial charge in [0.1, 0.15) is 11.3 Å². The maximum atomic E-state index is 14.8. The number of benzene rings is 2. The zero-order chi connectivity index (χ0) is 22.6. The third kappa shape index (κ3) is 2.87. The Bertz CT molecular complexity index is 1500. The molecule has 0 atom stereocenters. The van der Waals surface area contributed by atoms with Crippen LogP contribution in [0.4, 0.5) is 13.2 Å². The fourth-order valence-electron chi connectivity index (χ4n) is 3.55. The van der Waals surface area contributed by atoms with E-state index in [1.165, 1.54) is 16.3 Å². The summed E-state index contributed by atoms with van der Waals surface area (Å²) >= 11 is 0. The predicted molar refractivity (Wildman–Crippen MR) is 106 cm³/mol. The Balaban J connectivity index is 2.22. The number of carbonyl (C=O) groups is 1. The minimum Gasteiger partial charge on any atom is -0.477 e. The van der Waals surface area contributed by atoms with Gasteiger partial charge < -0.3 is 9.67 Å². The lowest BCUT2D eigenvalue weighted by atomic mass is 10.1. The minimum atomic E-state index is -1.85. The third-order valence-electron chi connectivity index (χ3n) is 5.12. The van der Waals surface area contributed by atoms with Crippen molar-refractivity contribution in [2.24, 2.45) is 7.05 Å². The third-order valence-corrected chi connectivity index (χ3v) is 5.12. The summed E-state index contributed by atoms with van der Waals surface area (Å²) in [5, 5.41) is 8.70. The number of carboxylic acids is 1. The molecule has 0 radical (unpaired) electrons. The van der Waals surface area contributed by atoms with E-state index in [-0.39, 0.29) is 11.4 Å². The molecule has 0 bridgehead atoms. The number of aromatic carboxylic acids is 1. The smallest absolute Gasteiger partial charge is 0.341 e. The fraction of sp³-hybridized carbons (Fsp3) is 0.0952. The second-order valence-electron chi connectivity index (χ2n) is 6.84. The standard InChI is InChI=1S/C21H14F3N3O4/c1-10-17(20(29)27(25(10)2)11-6-4-3-5-7-11)26-9-13(21(30)31)19(28)12-8-14(22)15(23)16(24)18(12)26/h3-9H,1-2H3,(H,30,31). The molecule has 1 N–H and O–H groups in total. The quantitative estimate of drug-likeness (QED) is 0.508. The number of hydrogen-bond acceptors (Lipinski definition) is 3. The Morgan fingerprint density at radius 2 is 1.68 bits per heavy atom. The highest BCUT2D eigenvalue weighted by Gasteiger charge is 2.26. The van der Waals surface area contributed by atoms with E-state index in [9.17, 15) is 32.7 Å². The minimum absolute atomic E-state index is 0.219. The van der Waals surface area contributed by atoms with Crippen molar-refractivity contribution in [3.05, 3.63) is 91.9 Å².